The quantitative estimate of drug-likeness (QED) is 0.699. The minimum absolute atomic E-state index is 0.208. The first-order chi connectivity index (χ1) is 9.13. The Morgan fingerprint density at radius 1 is 1.11 bits per heavy atom. The molecule has 1 aromatic rings. The van der Waals surface area contributed by atoms with Crippen LogP contribution in [0.15, 0.2) is 24.3 Å². The van der Waals surface area contributed by atoms with Gasteiger partial charge in [0.15, 0.2) is 0 Å². The number of hydrogen-bond donors (Lipinski definition) is 1. The third kappa shape index (κ3) is 6.57. The molecule has 108 valence electrons. The molecule has 0 saturated carbocycles. The second-order valence-corrected chi connectivity index (χ2v) is 4.51. The summed E-state index contributed by atoms with van der Waals surface area (Å²) < 4.78 is 16.1. The summed E-state index contributed by atoms with van der Waals surface area (Å²) in [6.45, 7) is 7.86. The fourth-order valence-corrected chi connectivity index (χ4v) is 1.59. The highest BCUT2D eigenvalue weighted by Gasteiger charge is 2.07. The molecule has 4 heteroatoms. The lowest BCUT2D eigenvalue weighted by Gasteiger charge is -2.13. The van der Waals surface area contributed by atoms with Crippen molar-refractivity contribution in [3.63, 3.8) is 0 Å². The SMILES string of the molecule is CCOc1ccc(C(O)COCCOC(C)C)cc1. The molecule has 0 heterocycles. The first-order valence-corrected chi connectivity index (χ1v) is 6.73. The zero-order chi connectivity index (χ0) is 14.1. The van der Waals surface area contributed by atoms with E-state index in [1.54, 1.807) is 0 Å². The van der Waals surface area contributed by atoms with Crippen molar-refractivity contribution in [1.82, 2.24) is 0 Å². The van der Waals surface area contributed by atoms with Crippen LogP contribution in [0.4, 0.5) is 0 Å². The van der Waals surface area contributed by atoms with E-state index in [0.717, 1.165) is 11.3 Å². The van der Waals surface area contributed by atoms with E-state index in [4.69, 9.17) is 14.2 Å². The molecule has 0 aliphatic rings. The summed E-state index contributed by atoms with van der Waals surface area (Å²) in [5.41, 5.74) is 0.827. The van der Waals surface area contributed by atoms with E-state index < -0.39 is 6.10 Å². The van der Waals surface area contributed by atoms with Gasteiger partial charge >= 0.3 is 0 Å². The van der Waals surface area contributed by atoms with Gasteiger partial charge in [-0.15, -0.1) is 0 Å². The first kappa shape index (κ1) is 16.0. The minimum atomic E-state index is -0.616. The van der Waals surface area contributed by atoms with E-state index in [1.165, 1.54) is 0 Å². The summed E-state index contributed by atoms with van der Waals surface area (Å²) in [7, 11) is 0. The van der Waals surface area contributed by atoms with Crippen molar-refractivity contribution in [3.05, 3.63) is 29.8 Å². The van der Waals surface area contributed by atoms with E-state index in [9.17, 15) is 5.11 Å². The monoisotopic (exact) mass is 268 g/mol. The Balaban J connectivity index is 2.26. The van der Waals surface area contributed by atoms with E-state index in [0.29, 0.717) is 19.8 Å². The summed E-state index contributed by atoms with van der Waals surface area (Å²) >= 11 is 0. The molecule has 4 nitrogen and oxygen atoms in total. The van der Waals surface area contributed by atoms with Crippen molar-refractivity contribution >= 4 is 0 Å². The second kappa shape index (κ2) is 8.91. The van der Waals surface area contributed by atoms with Gasteiger partial charge in [0.2, 0.25) is 0 Å². The molecule has 0 aromatic heterocycles. The van der Waals surface area contributed by atoms with E-state index >= 15 is 0 Å². The fourth-order valence-electron chi connectivity index (χ4n) is 1.59. The zero-order valence-corrected chi connectivity index (χ0v) is 12.0. The largest absolute Gasteiger partial charge is 0.494 e. The summed E-state index contributed by atoms with van der Waals surface area (Å²) in [6.07, 6.45) is -0.408. The van der Waals surface area contributed by atoms with Crippen molar-refractivity contribution < 1.29 is 19.3 Å². The fraction of sp³-hybridized carbons (Fsp3) is 0.600. The lowest BCUT2D eigenvalue weighted by atomic mass is 10.1. The van der Waals surface area contributed by atoms with Crippen LogP contribution in [-0.2, 0) is 9.47 Å². The predicted molar refractivity (Wildman–Crippen MR) is 74.5 cm³/mol. The maximum atomic E-state index is 9.94. The molecule has 1 rings (SSSR count). The molecule has 0 radical (unpaired) electrons. The molecule has 0 amide bonds. The number of rotatable bonds is 9. The van der Waals surface area contributed by atoms with Gasteiger partial charge in [0, 0.05) is 0 Å². The standard InChI is InChI=1S/C15H24O4/c1-4-18-14-7-5-13(6-8-14)15(16)11-17-9-10-19-12(2)3/h5-8,12,15-16H,4,9-11H2,1-3H3. The Morgan fingerprint density at radius 3 is 2.37 bits per heavy atom. The maximum Gasteiger partial charge on any atom is 0.119 e. The van der Waals surface area contributed by atoms with E-state index in [-0.39, 0.29) is 12.7 Å². The number of benzene rings is 1. The predicted octanol–water partition coefficient (Wildman–Crippen LogP) is 2.56. The summed E-state index contributed by atoms with van der Waals surface area (Å²) in [5.74, 6) is 0.810. The average molecular weight is 268 g/mol. The molecular weight excluding hydrogens is 244 g/mol. The molecule has 0 saturated heterocycles. The Bertz CT molecular complexity index is 335. The van der Waals surface area contributed by atoms with Gasteiger partial charge in [0.05, 0.1) is 32.5 Å². The number of ether oxygens (including phenoxy) is 3. The van der Waals surface area contributed by atoms with Crippen molar-refractivity contribution in [3.8, 4) is 5.75 Å². The van der Waals surface area contributed by atoms with Crippen molar-refractivity contribution in [2.24, 2.45) is 0 Å². The minimum Gasteiger partial charge on any atom is -0.494 e. The lowest BCUT2D eigenvalue weighted by Crippen LogP contribution is -2.13. The highest BCUT2D eigenvalue weighted by Crippen LogP contribution is 2.18. The van der Waals surface area contributed by atoms with Gasteiger partial charge < -0.3 is 19.3 Å². The maximum absolute atomic E-state index is 9.94. The lowest BCUT2D eigenvalue weighted by molar-refractivity contribution is -0.0110. The van der Waals surface area contributed by atoms with Gasteiger partial charge in [-0.25, -0.2) is 0 Å². The van der Waals surface area contributed by atoms with Crippen molar-refractivity contribution in [2.75, 3.05) is 26.4 Å². The van der Waals surface area contributed by atoms with Gasteiger partial charge in [-0.1, -0.05) is 12.1 Å². The molecule has 1 N–H and O–H groups in total. The van der Waals surface area contributed by atoms with E-state index in [2.05, 4.69) is 0 Å². The smallest absolute Gasteiger partial charge is 0.119 e. The summed E-state index contributed by atoms with van der Waals surface area (Å²) in [4.78, 5) is 0. The molecule has 0 spiro atoms. The normalized spacial score (nSPS) is 12.7. The van der Waals surface area contributed by atoms with E-state index in [1.807, 2.05) is 45.0 Å². The van der Waals surface area contributed by atoms with Gasteiger partial charge in [-0.2, -0.15) is 0 Å². The van der Waals surface area contributed by atoms with Crippen LogP contribution in [0.5, 0.6) is 5.75 Å². The Morgan fingerprint density at radius 2 is 1.79 bits per heavy atom. The molecule has 19 heavy (non-hydrogen) atoms. The third-order valence-corrected chi connectivity index (χ3v) is 2.53. The van der Waals surface area contributed by atoms with Crippen LogP contribution in [-0.4, -0.2) is 37.6 Å². The van der Waals surface area contributed by atoms with Crippen LogP contribution in [0.25, 0.3) is 0 Å². The number of aliphatic hydroxyl groups is 1. The molecule has 0 bridgehead atoms. The van der Waals surface area contributed by atoms with Crippen molar-refractivity contribution in [1.29, 1.82) is 0 Å². The van der Waals surface area contributed by atoms with Crippen LogP contribution in [0.2, 0.25) is 0 Å². The number of aliphatic hydroxyl groups excluding tert-OH is 1. The molecule has 1 atom stereocenters. The number of hydrogen-bond acceptors (Lipinski definition) is 4. The topological polar surface area (TPSA) is 47.9 Å². The molecular formula is C15H24O4. The molecule has 0 fully saturated rings. The molecule has 0 aliphatic carbocycles. The highest BCUT2D eigenvalue weighted by atomic mass is 16.5. The van der Waals surface area contributed by atoms with Gasteiger partial charge in [-0.3, -0.25) is 0 Å². The summed E-state index contributed by atoms with van der Waals surface area (Å²) in [6, 6.07) is 7.40. The molecule has 1 aromatic carbocycles. The van der Waals surface area contributed by atoms with Crippen LogP contribution in [0, 0.1) is 0 Å². The second-order valence-electron chi connectivity index (χ2n) is 4.51. The summed E-state index contributed by atoms with van der Waals surface area (Å²) in [5, 5.41) is 9.94. The van der Waals surface area contributed by atoms with Gasteiger partial charge in [0.25, 0.3) is 0 Å². The Labute approximate surface area is 115 Å². The third-order valence-electron chi connectivity index (χ3n) is 2.53. The average Bonchev–Trinajstić information content (AvgIpc) is 2.39. The van der Waals surface area contributed by atoms with Crippen LogP contribution >= 0.6 is 0 Å². The van der Waals surface area contributed by atoms with Crippen LogP contribution in [0.3, 0.4) is 0 Å². The van der Waals surface area contributed by atoms with Gasteiger partial charge in [-0.05, 0) is 38.5 Å². The Hall–Kier alpha value is -1.10. The highest BCUT2D eigenvalue weighted by molar-refractivity contribution is 5.28. The first-order valence-electron chi connectivity index (χ1n) is 6.73. The Kier molecular flexibility index (Phi) is 7.48. The van der Waals surface area contributed by atoms with Crippen LogP contribution in [0.1, 0.15) is 32.4 Å². The molecule has 1 unspecified atom stereocenters. The van der Waals surface area contributed by atoms with Crippen molar-refractivity contribution in [2.45, 2.75) is 33.0 Å². The molecule has 0 aliphatic heterocycles. The van der Waals surface area contributed by atoms with Gasteiger partial charge in [0.1, 0.15) is 11.9 Å². The van der Waals surface area contributed by atoms with Crippen LogP contribution < -0.4 is 4.74 Å². The zero-order valence-electron chi connectivity index (χ0n) is 12.0.